The summed E-state index contributed by atoms with van der Waals surface area (Å²) in [6.07, 6.45) is 0. The van der Waals surface area contributed by atoms with Gasteiger partial charge in [-0.15, -0.1) is 11.3 Å². The maximum Gasteiger partial charge on any atom is 0.124 e. The predicted molar refractivity (Wildman–Crippen MR) is 78.0 cm³/mol. The van der Waals surface area contributed by atoms with E-state index in [9.17, 15) is 0 Å². The van der Waals surface area contributed by atoms with Crippen molar-refractivity contribution in [3.63, 3.8) is 0 Å². The normalized spacial score (nSPS) is 12.4. The number of hydrogen-bond acceptors (Lipinski definition) is 3. The topological polar surface area (TPSA) is 21.3 Å². The minimum atomic E-state index is 0.109. The largest absolute Gasteiger partial charge is 0.496 e. The van der Waals surface area contributed by atoms with Gasteiger partial charge < -0.3 is 10.1 Å². The lowest BCUT2D eigenvalue weighted by Crippen LogP contribution is -2.17. The maximum atomic E-state index is 6.15. The number of benzene rings is 1. The van der Waals surface area contributed by atoms with Gasteiger partial charge in [0.25, 0.3) is 0 Å². The van der Waals surface area contributed by atoms with Crippen LogP contribution in [0.25, 0.3) is 0 Å². The van der Waals surface area contributed by atoms with Crippen molar-refractivity contribution in [2.24, 2.45) is 0 Å². The average molecular weight is 282 g/mol. The number of thiophene rings is 1. The van der Waals surface area contributed by atoms with E-state index in [1.54, 1.807) is 18.4 Å². The number of hydrogen-bond donors (Lipinski definition) is 1. The van der Waals surface area contributed by atoms with E-state index in [4.69, 9.17) is 16.3 Å². The second-order valence-corrected chi connectivity index (χ2v) is 5.75. The van der Waals surface area contributed by atoms with Crippen molar-refractivity contribution in [3.8, 4) is 5.75 Å². The zero-order valence-electron chi connectivity index (χ0n) is 10.7. The van der Waals surface area contributed by atoms with Crippen LogP contribution in [0.1, 0.15) is 22.0 Å². The summed E-state index contributed by atoms with van der Waals surface area (Å²) in [4.78, 5) is 1.20. The minimum Gasteiger partial charge on any atom is -0.496 e. The van der Waals surface area contributed by atoms with Crippen LogP contribution in [0.3, 0.4) is 0 Å². The Bertz CT molecular complexity index is 519. The van der Waals surface area contributed by atoms with Gasteiger partial charge in [-0.3, -0.25) is 0 Å². The highest BCUT2D eigenvalue weighted by molar-refractivity contribution is 7.16. The third-order valence-corrected chi connectivity index (χ3v) is 4.52. The number of rotatable bonds is 4. The summed E-state index contributed by atoms with van der Waals surface area (Å²) >= 11 is 7.76. The summed E-state index contributed by atoms with van der Waals surface area (Å²) in [6.45, 7) is 2.03. The fourth-order valence-corrected chi connectivity index (χ4v) is 3.33. The second-order valence-electron chi connectivity index (χ2n) is 4.07. The Balaban J connectivity index is 2.45. The van der Waals surface area contributed by atoms with Crippen molar-refractivity contribution in [2.45, 2.75) is 13.0 Å². The molecule has 0 aliphatic heterocycles. The Morgan fingerprint density at radius 2 is 2.06 bits per heavy atom. The number of nitrogens with one attached hydrogen (secondary N) is 1. The van der Waals surface area contributed by atoms with Crippen LogP contribution in [0.5, 0.6) is 5.75 Å². The first kappa shape index (κ1) is 13.4. The number of para-hydroxylation sites is 1. The summed E-state index contributed by atoms with van der Waals surface area (Å²) < 4.78 is 6.27. The van der Waals surface area contributed by atoms with Crippen molar-refractivity contribution in [1.29, 1.82) is 0 Å². The molecule has 0 saturated heterocycles. The highest BCUT2D eigenvalue weighted by atomic mass is 35.5. The van der Waals surface area contributed by atoms with Crippen LogP contribution in [-0.4, -0.2) is 14.2 Å². The lowest BCUT2D eigenvalue weighted by molar-refractivity contribution is 0.405. The van der Waals surface area contributed by atoms with E-state index in [0.717, 1.165) is 21.2 Å². The third kappa shape index (κ3) is 2.53. The molecule has 0 spiro atoms. The molecule has 0 aliphatic carbocycles. The van der Waals surface area contributed by atoms with E-state index in [0.29, 0.717) is 0 Å². The highest BCUT2D eigenvalue weighted by Crippen LogP contribution is 2.36. The molecule has 2 aromatic rings. The first-order valence-corrected chi connectivity index (χ1v) is 6.92. The van der Waals surface area contributed by atoms with Gasteiger partial charge >= 0.3 is 0 Å². The highest BCUT2D eigenvalue weighted by Gasteiger charge is 2.18. The summed E-state index contributed by atoms with van der Waals surface area (Å²) in [5, 5.41) is 3.32. The van der Waals surface area contributed by atoms with E-state index < -0.39 is 0 Å². The molecule has 18 heavy (non-hydrogen) atoms. The van der Waals surface area contributed by atoms with Crippen molar-refractivity contribution in [1.82, 2.24) is 5.32 Å². The zero-order chi connectivity index (χ0) is 13.1. The molecule has 1 aromatic heterocycles. The van der Waals surface area contributed by atoms with Gasteiger partial charge in [0.05, 0.1) is 17.5 Å². The third-order valence-electron chi connectivity index (χ3n) is 2.90. The van der Waals surface area contributed by atoms with Crippen LogP contribution in [0.4, 0.5) is 0 Å². The van der Waals surface area contributed by atoms with Gasteiger partial charge in [-0.25, -0.2) is 0 Å². The van der Waals surface area contributed by atoms with Crippen LogP contribution in [0.15, 0.2) is 30.3 Å². The lowest BCUT2D eigenvalue weighted by atomic mass is 10.0. The second kappa shape index (κ2) is 5.74. The molecular formula is C14H16ClNOS. The Morgan fingerprint density at radius 1 is 1.33 bits per heavy atom. The van der Waals surface area contributed by atoms with E-state index in [1.807, 2.05) is 32.2 Å². The summed E-state index contributed by atoms with van der Waals surface area (Å²) in [6, 6.07) is 10.3. The number of ether oxygens (including phenoxy) is 1. The smallest absolute Gasteiger partial charge is 0.124 e. The molecule has 0 amide bonds. The molecule has 1 heterocycles. The fourth-order valence-electron chi connectivity index (χ4n) is 1.98. The molecule has 0 fully saturated rings. The molecule has 96 valence electrons. The molecule has 1 unspecified atom stereocenters. The number of halogens is 1. The number of aryl methyl sites for hydroxylation is 1. The van der Waals surface area contributed by atoms with Crippen molar-refractivity contribution < 1.29 is 4.74 Å². The molecule has 1 N–H and O–H groups in total. The molecule has 0 radical (unpaired) electrons. The Morgan fingerprint density at radius 3 is 2.61 bits per heavy atom. The Labute approximate surface area is 117 Å². The van der Waals surface area contributed by atoms with Crippen LogP contribution >= 0.6 is 22.9 Å². The van der Waals surface area contributed by atoms with E-state index >= 15 is 0 Å². The average Bonchev–Trinajstić information content (AvgIpc) is 2.71. The molecule has 1 atom stereocenters. The van der Waals surface area contributed by atoms with E-state index in [-0.39, 0.29) is 6.04 Å². The molecule has 0 saturated carbocycles. The standard InChI is InChI=1S/C14H16ClNOS/c1-9-8-12(18-14(9)15)13(16-2)10-6-4-5-7-11(10)17-3/h4-8,13,16H,1-3H3. The predicted octanol–water partition coefficient (Wildman–Crippen LogP) is 4.03. The molecule has 1 aromatic carbocycles. The van der Waals surface area contributed by atoms with Crippen molar-refractivity contribution in [3.05, 3.63) is 50.7 Å². The molecule has 2 rings (SSSR count). The quantitative estimate of drug-likeness (QED) is 0.914. The minimum absolute atomic E-state index is 0.109. The lowest BCUT2D eigenvalue weighted by Gasteiger charge is -2.17. The zero-order valence-corrected chi connectivity index (χ0v) is 12.2. The monoisotopic (exact) mass is 281 g/mol. The molecule has 2 nitrogen and oxygen atoms in total. The van der Waals surface area contributed by atoms with Crippen molar-refractivity contribution in [2.75, 3.05) is 14.2 Å². The first-order chi connectivity index (χ1) is 8.67. The van der Waals surface area contributed by atoms with Crippen LogP contribution in [0.2, 0.25) is 4.34 Å². The maximum absolute atomic E-state index is 6.15. The SMILES string of the molecule is CNC(c1cc(C)c(Cl)s1)c1ccccc1OC. The molecule has 0 aliphatic rings. The van der Waals surface area contributed by atoms with Gasteiger partial charge in [0, 0.05) is 10.4 Å². The van der Waals surface area contributed by atoms with Gasteiger partial charge in [-0.05, 0) is 31.7 Å². The van der Waals surface area contributed by atoms with Crippen LogP contribution < -0.4 is 10.1 Å². The van der Waals surface area contributed by atoms with Crippen LogP contribution in [-0.2, 0) is 0 Å². The molecule has 4 heteroatoms. The summed E-state index contributed by atoms with van der Waals surface area (Å²) in [5.74, 6) is 0.888. The molecule has 0 bridgehead atoms. The van der Waals surface area contributed by atoms with Crippen molar-refractivity contribution >= 4 is 22.9 Å². The summed E-state index contributed by atoms with van der Waals surface area (Å²) in [5.41, 5.74) is 2.24. The van der Waals surface area contributed by atoms with Crippen LogP contribution in [0, 0.1) is 6.92 Å². The van der Waals surface area contributed by atoms with Gasteiger partial charge in [0.1, 0.15) is 5.75 Å². The van der Waals surface area contributed by atoms with Gasteiger partial charge in [0.15, 0.2) is 0 Å². The Hall–Kier alpha value is -1.03. The Kier molecular flexibility index (Phi) is 4.27. The van der Waals surface area contributed by atoms with Gasteiger partial charge in [-0.2, -0.15) is 0 Å². The van der Waals surface area contributed by atoms with Gasteiger partial charge in [-0.1, -0.05) is 29.8 Å². The summed E-state index contributed by atoms with van der Waals surface area (Å²) in [7, 11) is 3.64. The molecular weight excluding hydrogens is 266 g/mol. The fraction of sp³-hybridized carbons (Fsp3) is 0.286. The first-order valence-electron chi connectivity index (χ1n) is 5.73. The van der Waals surface area contributed by atoms with E-state index in [1.165, 1.54) is 4.88 Å². The van der Waals surface area contributed by atoms with Gasteiger partial charge in [0.2, 0.25) is 0 Å². The number of methoxy groups -OCH3 is 1. The van der Waals surface area contributed by atoms with E-state index in [2.05, 4.69) is 17.4 Å².